The van der Waals surface area contributed by atoms with Crippen molar-refractivity contribution in [2.24, 2.45) is 0 Å². The summed E-state index contributed by atoms with van der Waals surface area (Å²) in [5.41, 5.74) is 0.530. The van der Waals surface area contributed by atoms with Crippen molar-refractivity contribution in [1.29, 1.82) is 0 Å². The quantitative estimate of drug-likeness (QED) is 0.455. The number of benzene rings is 2. The van der Waals surface area contributed by atoms with Gasteiger partial charge >= 0.3 is 0 Å². The Balaban J connectivity index is 2.15. The Morgan fingerprint density at radius 3 is 2.35 bits per heavy atom. The van der Waals surface area contributed by atoms with Crippen molar-refractivity contribution < 1.29 is 41.9 Å². The molecule has 0 atom stereocenters. The van der Waals surface area contributed by atoms with E-state index in [-0.39, 0.29) is 24.3 Å². The normalized spacial score (nSPS) is 11.5. The molecule has 12 heteroatoms. The second kappa shape index (κ2) is 9.62. The molecule has 1 N–H and O–H groups in total. The number of rotatable bonds is 10. The van der Waals surface area contributed by atoms with Crippen LogP contribution in [0.2, 0.25) is 0 Å². The van der Waals surface area contributed by atoms with E-state index in [1.807, 2.05) is 24.3 Å². The molecule has 0 amide bonds. The van der Waals surface area contributed by atoms with Gasteiger partial charge in [0.25, 0.3) is 5.75 Å². The lowest BCUT2D eigenvalue weighted by molar-refractivity contribution is -0.0561. The van der Waals surface area contributed by atoms with Crippen molar-refractivity contribution in [2.75, 3.05) is 16.7 Å². The molecular weight excluding hydrogens is 459 g/mol. The van der Waals surface area contributed by atoms with Gasteiger partial charge in [-0.05, 0) is 42.5 Å². The van der Waals surface area contributed by atoms with Gasteiger partial charge in [-0.25, -0.2) is 8.42 Å². The second-order valence-electron chi connectivity index (χ2n) is 6.54. The summed E-state index contributed by atoms with van der Waals surface area (Å²) < 4.78 is 66.8. The molecule has 0 radical (unpaired) electrons. The lowest BCUT2D eigenvalue weighted by Crippen LogP contribution is -2.33. The Kier molecular flexibility index (Phi) is 7.13. The molecule has 0 saturated heterocycles. The first-order chi connectivity index (χ1) is 14.9. The molecule has 3 aromatic rings. The maximum absolute atomic E-state index is 13.2. The van der Waals surface area contributed by atoms with Crippen LogP contribution in [0.25, 0.3) is 10.1 Å². The van der Waals surface area contributed by atoms with Crippen LogP contribution in [-0.2, 0) is 16.6 Å². The number of fused-ring (bicyclic) bond motifs is 1. The number of thiophene rings is 1. The summed E-state index contributed by atoms with van der Waals surface area (Å²) in [6.07, 6.45) is -0.0251. The monoisotopic (exact) mass is 477 g/mol. The van der Waals surface area contributed by atoms with Crippen LogP contribution in [0.1, 0.15) is 17.5 Å². The predicted molar refractivity (Wildman–Crippen MR) is 110 cm³/mol. The first-order valence-corrected chi connectivity index (χ1v) is 11.4. The Bertz CT molecular complexity index is 1170. The van der Waals surface area contributed by atoms with Crippen LogP contribution >= 0.6 is 11.3 Å². The highest BCUT2D eigenvalue weighted by molar-refractivity contribution is 7.93. The summed E-state index contributed by atoms with van der Waals surface area (Å²) in [7, 11) is -4.00. The summed E-state index contributed by atoms with van der Waals surface area (Å²) in [5, 5.41) is 10.3. The highest BCUT2D eigenvalue weighted by Crippen LogP contribution is 2.44. The molecule has 0 unspecified atom stereocenters. The molecule has 0 aliphatic rings. The van der Waals surface area contributed by atoms with E-state index in [9.17, 15) is 22.0 Å². The molecule has 2 aromatic carbocycles. The number of nitrogens with zero attached hydrogens (tertiary/aromatic N) is 1. The minimum Gasteiger partial charge on any atom is -0.396 e. The zero-order valence-corrected chi connectivity index (χ0v) is 17.8. The van der Waals surface area contributed by atoms with Crippen molar-refractivity contribution in [1.82, 2.24) is 0 Å². The van der Waals surface area contributed by atoms with Gasteiger partial charge in [-0.1, -0.05) is 18.2 Å². The van der Waals surface area contributed by atoms with Gasteiger partial charge in [-0.3, -0.25) is 19.1 Å². The van der Waals surface area contributed by atoms with E-state index in [0.29, 0.717) is 10.6 Å². The Morgan fingerprint density at radius 2 is 1.74 bits per heavy atom. The average molecular weight is 477 g/mol. The smallest absolute Gasteiger partial charge is 0.264 e. The van der Waals surface area contributed by atoms with Crippen molar-refractivity contribution in [2.45, 2.75) is 19.9 Å². The van der Waals surface area contributed by atoms with E-state index < -0.39 is 33.8 Å². The van der Waals surface area contributed by atoms with Crippen molar-refractivity contribution in [3.8, 4) is 17.2 Å². The van der Waals surface area contributed by atoms with E-state index in [1.54, 1.807) is 6.92 Å². The molecule has 0 spiro atoms. The van der Waals surface area contributed by atoms with Crippen LogP contribution in [0, 0.1) is 6.92 Å². The lowest BCUT2D eigenvalue weighted by atomic mass is 10.1. The first-order valence-electron chi connectivity index (χ1n) is 8.99. The lowest BCUT2D eigenvalue weighted by Gasteiger charge is -2.24. The van der Waals surface area contributed by atoms with Crippen molar-refractivity contribution >= 4 is 36.4 Å². The second-order valence-corrected chi connectivity index (χ2v) is 9.58. The van der Waals surface area contributed by atoms with E-state index >= 15 is 0 Å². The Morgan fingerprint density at radius 1 is 1.03 bits per heavy atom. The number of aliphatic hydroxyl groups is 1. The maximum Gasteiger partial charge on any atom is 0.264 e. The highest BCUT2D eigenvalue weighted by atomic mass is 32.2. The zero-order chi connectivity index (χ0) is 22.6. The highest BCUT2D eigenvalue weighted by Gasteiger charge is 2.30. The maximum atomic E-state index is 13.2. The zero-order valence-electron chi connectivity index (χ0n) is 16.2. The third kappa shape index (κ3) is 4.50. The molecule has 1 heterocycles. The average Bonchev–Trinajstić information content (AvgIpc) is 3.11. The van der Waals surface area contributed by atoms with Crippen LogP contribution in [0.15, 0.2) is 36.4 Å². The summed E-state index contributed by atoms with van der Waals surface area (Å²) in [6.45, 7) is 0.925. The fourth-order valence-corrected chi connectivity index (χ4v) is 6.14. The first kappa shape index (κ1) is 23.0. The molecular formula is C19H18F3NO6S2. The fourth-order valence-electron chi connectivity index (χ4n) is 3.14. The molecule has 1 aromatic heterocycles. The third-order valence-corrected chi connectivity index (χ3v) is 7.85. The van der Waals surface area contributed by atoms with Crippen molar-refractivity contribution in [3.05, 3.63) is 47.5 Å². The Labute approximate surface area is 179 Å². The number of hydrogen-bond donors (Lipinski definition) is 1. The van der Waals surface area contributed by atoms with E-state index in [0.717, 1.165) is 26.5 Å². The van der Waals surface area contributed by atoms with Crippen LogP contribution < -0.4 is 19.1 Å². The molecule has 31 heavy (non-hydrogen) atoms. The van der Waals surface area contributed by atoms with E-state index in [4.69, 9.17) is 5.11 Å². The summed E-state index contributed by atoms with van der Waals surface area (Å²) in [5.74, 6) is -3.05. The number of aryl methyl sites for hydroxylation is 1. The van der Waals surface area contributed by atoms with Gasteiger partial charge in [0, 0.05) is 30.4 Å². The van der Waals surface area contributed by atoms with Crippen LogP contribution in [0.4, 0.5) is 18.6 Å². The summed E-state index contributed by atoms with van der Waals surface area (Å²) in [4.78, 5) is 10.6. The van der Waals surface area contributed by atoms with Gasteiger partial charge in [-0.15, -0.1) is 11.3 Å². The number of aliphatic hydroxyl groups excluding tert-OH is 1. The minimum absolute atomic E-state index is 0.0251. The molecule has 0 bridgehead atoms. The standard InChI is InChI=1S/C19H18F3NO6S2/c1-12-14-5-2-3-6-16(14)30-19(12)23(31(25,26)10-4-9-24)11-13-7-8-15(27-20)18(29-22)17(13)28-21/h2-3,5-8,24H,4,9-11H2,1H3. The van der Waals surface area contributed by atoms with Crippen LogP contribution in [0.5, 0.6) is 17.2 Å². The molecule has 0 aliphatic carbocycles. The SMILES string of the molecule is Cc1c(N(Cc2ccc(OF)c(OF)c2OF)S(=O)(=O)CCCO)sc2ccccc12. The van der Waals surface area contributed by atoms with Gasteiger partial charge in [0.2, 0.25) is 21.5 Å². The van der Waals surface area contributed by atoms with Gasteiger partial charge < -0.3 is 5.11 Å². The minimum atomic E-state index is -4.00. The molecule has 168 valence electrons. The summed E-state index contributed by atoms with van der Waals surface area (Å²) in [6, 6.07) is 9.36. The molecule has 0 aliphatic heterocycles. The third-order valence-electron chi connectivity index (χ3n) is 4.65. The van der Waals surface area contributed by atoms with Crippen LogP contribution in [-0.4, -0.2) is 25.9 Å². The van der Waals surface area contributed by atoms with E-state index in [2.05, 4.69) is 14.8 Å². The van der Waals surface area contributed by atoms with Gasteiger partial charge in [0.05, 0.1) is 12.3 Å². The van der Waals surface area contributed by atoms with Crippen LogP contribution in [0.3, 0.4) is 0 Å². The Hall–Kier alpha value is -2.70. The van der Waals surface area contributed by atoms with Crippen molar-refractivity contribution in [3.63, 3.8) is 0 Å². The number of halogens is 3. The van der Waals surface area contributed by atoms with Gasteiger partial charge in [-0.2, -0.15) is 0 Å². The summed E-state index contributed by atoms with van der Waals surface area (Å²) >= 11 is 1.20. The number of hydrogen-bond acceptors (Lipinski definition) is 7. The molecule has 0 saturated carbocycles. The molecule has 0 fully saturated rings. The number of anilines is 1. The topological polar surface area (TPSA) is 85.3 Å². The number of sulfonamides is 1. The fraction of sp³-hybridized carbons (Fsp3) is 0.263. The van der Waals surface area contributed by atoms with Gasteiger partial charge in [0.15, 0.2) is 0 Å². The van der Waals surface area contributed by atoms with E-state index in [1.165, 1.54) is 11.3 Å². The predicted octanol–water partition coefficient (Wildman–Crippen LogP) is 4.72. The molecule has 3 rings (SSSR count). The molecule has 7 nitrogen and oxygen atoms in total. The largest absolute Gasteiger partial charge is 0.396 e. The van der Waals surface area contributed by atoms with Gasteiger partial charge in [0.1, 0.15) is 5.00 Å².